The quantitative estimate of drug-likeness (QED) is 0.315. The van der Waals surface area contributed by atoms with Crippen LogP contribution in [0.2, 0.25) is 0 Å². The molecular weight excluding hydrogens is 418 g/mol. The SMILES string of the molecule is O=C(COC(=O)c1c2c(nc3ccccc13)CCCCC2)c1ccc(Br)cc1. The van der Waals surface area contributed by atoms with Gasteiger partial charge in [-0.05, 0) is 49.4 Å². The third kappa shape index (κ3) is 3.85. The molecule has 0 aliphatic heterocycles. The Kier molecular flexibility index (Phi) is 5.53. The van der Waals surface area contributed by atoms with E-state index in [0.717, 1.165) is 58.7 Å². The summed E-state index contributed by atoms with van der Waals surface area (Å²) in [5.41, 5.74) is 3.87. The lowest BCUT2D eigenvalue weighted by Crippen LogP contribution is -2.17. The fraction of sp³-hybridized carbons (Fsp3) is 0.261. The third-order valence-corrected chi connectivity index (χ3v) is 5.65. The molecule has 0 unspecified atom stereocenters. The number of carbonyl (C=O) groups excluding carboxylic acids is 2. The van der Waals surface area contributed by atoms with Gasteiger partial charge < -0.3 is 4.74 Å². The Morgan fingerprint density at radius 2 is 1.71 bits per heavy atom. The van der Waals surface area contributed by atoms with Crippen molar-refractivity contribution in [2.75, 3.05) is 6.61 Å². The minimum absolute atomic E-state index is 0.217. The fourth-order valence-corrected chi connectivity index (χ4v) is 3.97. The van der Waals surface area contributed by atoms with E-state index in [4.69, 9.17) is 9.72 Å². The van der Waals surface area contributed by atoms with Gasteiger partial charge in [-0.25, -0.2) is 4.79 Å². The van der Waals surface area contributed by atoms with Crippen molar-refractivity contribution in [3.63, 3.8) is 0 Å². The maximum atomic E-state index is 13.0. The van der Waals surface area contributed by atoms with Crippen LogP contribution in [0.1, 0.15) is 51.2 Å². The lowest BCUT2D eigenvalue weighted by atomic mass is 9.97. The van der Waals surface area contributed by atoms with Gasteiger partial charge in [0, 0.05) is 21.1 Å². The number of esters is 1. The number of hydrogen-bond acceptors (Lipinski definition) is 4. The van der Waals surface area contributed by atoms with Crippen LogP contribution in [0.15, 0.2) is 53.0 Å². The predicted molar refractivity (Wildman–Crippen MR) is 112 cm³/mol. The molecular formula is C23H20BrNO3. The summed E-state index contributed by atoms with van der Waals surface area (Å²) < 4.78 is 6.36. The summed E-state index contributed by atoms with van der Waals surface area (Å²) >= 11 is 3.35. The van der Waals surface area contributed by atoms with Crippen molar-refractivity contribution in [2.45, 2.75) is 32.1 Å². The molecule has 3 aromatic rings. The molecule has 0 N–H and O–H groups in total. The number of rotatable bonds is 4. The molecule has 0 bridgehead atoms. The average Bonchev–Trinajstić information content (AvgIpc) is 2.95. The van der Waals surface area contributed by atoms with Gasteiger partial charge in [-0.2, -0.15) is 0 Å². The van der Waals surface area contributed by atoms with Gasteiger partial charge in [0.15, 0.2) is 12.4 Å². The van der Waals surface area contributed by atoms with Crippen molar-refractivity contribution in [3.8, 4) is 0 Å². The van der Waals surface area contributed by atoms with Crippen LogP contribution in [-0.4, -0.2) is 23.3 Å². The zero-order valence-electron chi connectivity index (χ0n) is 15.4. The Morgan fingerprint density at radius 3 is 2.54 bits per heavy atom. The summed E-state index contributed by atoms with van der Waals surface area (Å²) in [7, 11) is 0. The van der Waals surface area contributed by atoms with Gasteiger partial charge >= 0.3 is 5.97 Å². The highest BCUT2D eigenvalue weighted by Gasteiger charge is 2.23. The van der Waals surface area contributed by atoms with Crippen molar-refractivity contribution in [1.82, 2.24) is 4.98 Å². The molecule has 0 atom stereocenters. The molecule has 0 spiro atoms. The predicted octanol–water partition coefficient (Wildman–Crippen LogP) is 5.31. The van der Waals surface area contributed by atoms with Crippen LogP contribution in [0.3, 0.4) is 0 Å². The molecule has 4 rings (SSSR count). The topological polar surface area (TPSA) is 56.3 Å². The molecule has 4 nitrogen and oxygen atoms in total. The molecule has 1 aliphatic rings. The van der Waals surface area contributed by atoms with Crippen LogP contribution in [0.25, 0.3) is 10.9 Å². The second kappa shape index (κ2) is 8.23. The molecule has 28 heavy (non-hydrogen) atoms. The van der Waals surface area contributed by atoms with Crippen LogP contribution in [0, 0.1) is 0 Å². The number of ketones is 1. The van der Waals surface area contributed by atoms with E-state index in [1.165, 1.54) is 0 Å². The van der Waals surface area contributed by atoms with Gasteiger partial charge in [0.25, 0.3) is 0 Å². The van der Waals surface area contributed by atoms with Crippen LogP contribution < -0.4 is 0 Å². The van der Waals surface area contributed by atoms with Gasteiger partial charge in [0.1, 0.15) is 0 Å². The minimum atomic E-state index is -0.442. The highest BCUT2D eigenvalue weighted by molar-refractivity contribution is 9.10. The largest absolute Gasteiger partial charge is 0.454 e. The van der Waals surface area contributed by atoms with Gasteiger partial charge in [-0.15, -0.1) is 0 Å². The van der Waals surface area contributed by atoms with Gasteiger partial charge in [-0.3, -0.25) is 9.78 Å². The van der Waals surface area contributed by atoms with Crippen LogP contribution in [-0.2, 0) is 17.6 Å². The molecule has 142 valence electrons. The van der Waals surface area contributed by atoms with Crippen LogP contribution >= 0.6 is 15.9 Å². The maximum absolute atomic E-state index is 13.0. The Hall–Kier alpha value is -2.53. The zero-order valence-corrected chi connectivity index (χ0v) is 17.0. The molecule has 1 heterocycles. The van der Waals surface area contributed by atoms with Gasteiger partial charge in [0.05, 0.1) is 11.1 Å². The Bertz CT molecular complexity index is 1040. The number of nitrogens with zero attached hydrogens (tertiary/aromatic N) is 1. The number of aromatic nitrogens is 1. The van der Waals surface area contributed by atoms with E-state index in [2.05, 4.69) is 15.9 Å². The van der Waals surface area contributed by atoms with Crippen LogP contribution in [0.4, 0.5) is 0 Å². The monoisotopic (exact) mass is 437 g/mol. The van der Waals surface area contributed by atoms with E-state index in [9.17, 15) is 9.59 Å². The molecule has 1 aliphatic carbocycles. The van der Waals surface area contributed by atoms with E-state index < -0.39 is 5.97 Å². The standard InChI is InChI=1S/C23H20BrNO3/c24-16-12-10-15(11-13-16)21(26)14-28-23(27)22-17-6-2-1-3-8-19(17)25-20-9-5-4-7-18(20)22/h4-5,7,9-13H,1-3,6,8,14H2. The number of ether oxygens (including phenoxy) is 1. The van der Waals surface area contributed by atoms with Crippen LogP contribution in [0.5, 0.6) is 0 Å². The Morgan fingerprint density at radius 1 is 0.964 bits per heavy atom. The molecule has 0 fully saturated rings. The molecule has 0 saturated heterocycles. The summed E-state index contributed by atoms with van der Waals surface area (Å²) in [5, 5.41) is 0.796. The number of hydrogen-bond donors (Lipinski definition) is 0. The van der Waals surface area contributed by atoms with Gasteiger partial charge in [-0.1, -0.05) is 52.7 Å². The smallest absolute Gasteiger partial charge is 0.339 e. The first-order chi connectivity index (χ1) is 13.6. The number of aryl methyl sites for hydroxylation is 1. The number of halogens is 1. The zero-order chi connectivity index (χ0) is 19.5. The van der Waals surface area contributed by atoms with E-state index in [1.807, 2.05) is 24.3 Å². The summed E-state index contributed by atoms with van der Waals surface area (Å²) in [5.74, 6) is -0.660. The second-order valence-corrected chi connectivity index (χ2v) is 7.91. The molecule has 2 aromatic carbocycles. The summed E-state index contributed by atoms with van der Waals surface area (Å²) in [6.07, 6.45) is 4.93. The first-order valence-corrected chi connectivity index (χ1v) is 10.3. The summed E-state index contributed by atoms with van der Waals surface area (Å²) in [6.45, 7) is -0.272. The third-order valence-electron chi connectivity index (χ3n) is 5.12. The van der Waals surface area contributed by atoms with Crippen molar-refractivity contribution in [2.24, 2.45) is 0 Å². The maximum Gasteiger partial charge on any atom is 0.339 e. The number of carbonyl (C=O) groups is 2. The normalized spacial score (nSPS) is 13.6. The number of benzene rings is 2. The number of para-hydroxylation sites is 1. The molecule has 0 radical (unpaired) electrons. The highest BCUT2D eigenvalue weighted by atomic mass is 79.9. The van der Waals surface area contributed by atoms with Crippen molar-refractivity contribution in [3.05, 3.63) is 75.4 Å². The van der Waals surface area contributed by atoms with E-state index in [1.54, 1.807) is 24.3 Å². The first-order valence-electron chi connectivity index (χ1n) is 9.50. The van der Waals surface area contributed by atoms with E-state index in [0.29, 0.717) is 11.1 Å². The van der Waals surface area contributed by atoms with E-state index in [-0.39, 0.29) is 12.4 Å². The van der Waals surface area contributed by atoms with E-state index >= 15 is 0 Å². The molecule has 5 heteroatoms. The fourth-order valence-electron chi connectivity index (χ4n) is 3.70. The van der Waals surface area contributed by atoms with Gasteiger partial charge in [0.2, 0.25) is 0 Å². The Labute approximate surface area is 172 Å². The van der Waals surface area contributed by atoms with Crippen molar-refractivity contribution >= 4 is 38.6 Å². The first kappa shape index (κ1) is 18.8. The number of pyridine rings is 1. The molecule has 1 aromatic heterocycles. The van der Waals surface area contributed by atoms with Crippen molar-refractivity contribution < 1.29 is 14.3 Å². The second-order valence-electron chi connectivity index (χ2n) is 7.00. The lowest BCUT2D eigenvalue weighted by molar-refractivity contribution is 0.0475. The minimum Gasteiger partial charge on any atom is -0.454 e. The lowest BCUT2D eigenvalue weighted by Gasteiger charge is -2.14. The summed E-state index contributed by atoms with van der Waals surface area (Å²) in [4.78, 5) is 30.2. The number of Topliss-reactive ketones (excluding diaryl/α,β-unsaturated/α-hetero) is 1. The molecule has 0 amide bonds. The summed E-state index contributed by atoms with van der Waals surface area (Å²) in [6, 6.07) is 14.7. The van der Waals surface area contributed by atoms with Crippen molar-refractivity contribution in [1.29, 1.82) is 0 Å². The number of fused-ring (bicyclic) bond motifs is 2. The average molecular weight is 438 g/mol. The molecule has 0 saturated carbocycles. The highest BCUT2D eigenvalue weighted by Crippen LogP contribution is 2.29. The Balaban J connectivity index is 1.64.